The van der Waals surface area contributed by atoms with E-state index in [9.17, 15) is 0 Å². The minimum Gasteiger partial charge on any atom is -0.360 e. The Hall–Kier alpha value is -0.530. The largest absolute Gasteiger partial charge is 0.360 e. The molecule has 1 atom stereocenters. The first-order valence-corrected chi connectivity index (χ1v) is 12.2. The van der Waals surface area contributed by atoms with Gasteiger partial charge in [0.1, 0.15) is 5.84 Å². The van der Waals surface area contributed by atoms with E-state index in [2.05, 4.69) is 11.8 Å². The van der Waals surface area contributed by atoms with Crippen molar-refractivity contribution in [2.45, 2.75) is 122 Å². The molecule has 2 heteroatoms. The van der Waals surface area contributed by atoms with Crippen molar-refractivity contribution >= 4 is 5.84 Å². The quantitative estimate of drug-likeness (QED) is 0.294. The Bertz CT molecular complexity index is 363. The number of hydrogen-bond donors (Lipinski definition) is 0. The molecular weight excluding hydrogens is 316 g/mol. The normalized spacial score (nSPS) is 20.6. The highest BCUT2D eigenvalue weighted by molar-refractivity contribution is 5.85. The molecule has 2 aliphatic heterocycles. The summed E-state index contributed by atoms with van der Waals surface area (Å²) in [5.41, 5.74) is 0. The Morgan fingerprint density at radius 2 is 1.31 bits per heavy atom. The number of amidine groups is 1. The molecule has 2 nitrogen and oxygen atoms in total. The minimum atomic E-state index is 0.783. The number of hydrogen-bond acceptors (Lipinski definition) is 2. The van der Waals surface area contributed by atoms with Crippen molar-refractivity contribution < 1.29 is 0 Å². The maximum atomic E-state index is 4.92. The number of aliphatic imine (C=N–C) groups is 1. The molecule has 2 aliphatic rings. The molecule has 152 valence electrons. The molecule has 0 aromatic heterocycles. The molecule has 0 aromatic rings. The molecule has 1 fully saturated rings. The van der Waals surface area contributed by atoms with Crippen LogP contribution in [0.4, 0.5) is 0 Å². The second kappa shape index (κ2) is 14.5. The topological polar surface area (TPSA) is 15.6 Å². The van der Waals surface area contributed by atoms with Gasteiger partial charge in [0.15, 0.2) is 0 Å². The average Bonchev–Trinajstić information content (AvgIpc) is 2.88. The van der Waals surface area contributed by atoms with Gasteiger partial charge in [0, 0.05) is 25.6 Å². The van der Waals surface area contributed by atoms with Gasteiger partial charge in [-0.2, -0.15) is 0 Å². The standard InChI is InChI=1S/C24H46N2/c1-2-3-4-5-6-7-8-9-10-11-12-13-14-18-23-19-15-16-21-26-22-17-20-25-24(23)26/h23H,2-22H2,1H3. The monoisotopic (exact) mass is 362 g/mol. The van der Waals surface area contributed by atoms with Crippen LogP contribution in [-0.4, -0.2) is 30.4 Å². The highest BCUT2D eigenvalue weighted by Crippen LogP contribution is 2.26. The summed E-state index contributed by atoms with van der Waals surface area (Å²) in [6.45, 7) is 5.93. The van der Waals surface area contributed by atoms with Gasteiger partial charge in [-0.25, -0.2) is 0 Å². The number of unbranched alkanes of at least 4 members (excludes halogenated alkanes) is 12. The Kier molecular flexibility index (Phi) is 12.2. The van der Waals surface area contributed by atoms with Crippen molar-refractivity contribution in [3.05, 3.63) is 0 Å². The molecular formula is C24H46N2. The van der Waals surface area contributed by atoms with Crippen molar-refractivity contribution in [1.29, 1.82) is 0 Å². The van der Waals surface area contributed by atoms with Crippen molar-refractivity contribution in [1.82, 2.24) is 4.90 Å². The van der Waals surface area contributed by atoms with E-state index in [1.54, 1.807) is 0 Å². The van der Waals surface area contributed by atoms with Crippen LogP contribution in [0.25, 0.3) is 0 Å². The number of rotatable bonds is 14. The molecule has 2 heterocycles. The van der Waals surface area contributed by atoms with Crippen LogP contribution in [0, 0.1) is 5.92 Å². The molecule has 2 rings (SSSR count). The lowest BCUT2D eigenvalue weighted by atomic mass is 9.94. The van der Waals surface area contributed by atoms with E-state index in [4.69, 9.17) is 4.99 Å². The lowest BCUT2D eigenvalue weighted by Gasteiger charge is -2.31. The van der Waals surface area contributed by atoms with E-state index in [0.29, 0.717) is 0 Å². The van der Waals surface area contributed by atoms with Crippen LogP contribution in [0.1, 0.15) is 122 Å². The Morgan fingerprint density at radius 1 is 0.731 bits per heavy atom. The third-order valence-corrected chi connectivity index (χ3v) is 6.44. The van der Waals surface area contributed by atoms with Crippen LogP contribution in [-0.2, 0) is 0 Å². The molecule has 1 unspecified atom stereocenters. The molecule has 0 N–H and O–H groups in total. The zero-order valence-corrected chi connectivity index (χ0v) is 17.8. The zero-order valence-electron chi connectivity index (χ0n) is 17.8. The molecule has 0 aromatic carbocycles. The zero-order chi connectivity index (χ0) is 18.3. The van der Waals surface area contributed by atoms with Crippen LogP contribution in [0.3, 0.4) is 0 Å². The molecule has 0 bridgehead atoms. The lowest BCUT2D eigenvalue weighted by molar-refractivity contribution is 0.378. The Morgan fingerprint density at radius 3 is 1.96 bits per heavy atom. The van der Waals surface area contributed by atoms with Gasteiger partial charge in [0.05, 0.1) is 0 Å². The lowest BCUT2D eigenvalue weighted by Crippen LogP contribution is -2.39. The van der Waals surface area contributed by atoms with Gasteiger partial charge >= 0.3 is 0 Å². The number of fused-ring (bicyclic) bond motifs is 1. The highest BCUT2D eigenvalue weighted by atomic mass is 15.2. The minimum absolute atomic E-state index is 0.783. The summed E-state index contributed by atoms with van der Waals surface area (Å²) >= 11 is 0. The Labute approximate surface area is 164 Å². The molecule has 0 radical (unpaired) electrons. The maximum absolute atomic E-state index is 4.92. The summed E-state index contributed by atoms with van der Waals surface area (Å²) in [4.78, 5) is 7.53. The van der Waals surface area contributed by atoms with Gasteiger partial charge < -0.3 is 4.90 Å². The molecule has 0 aliphatic carbocycles. The highest BCUT2D eigenvalue weighted by Gasteiger charge is 2.25. The van der Waals surface area contributed by atoms with Gasteiger partial charge in [-0.15, -0.1) is 0 Å². The van der Waals surface area contributed by atoms with E-state index in [-0.39, 0.29) is 0 Å². The predicted octanol–water partition coefficient (Wildman–Crippen LogP) is 7.37. The summed E-state index contributed by atoms with van der Waals surface area (Å²) in [5, 5.41) is 0. The van der Waals surface area contributed by atoms with Crippen LogP contribution < -0.4 is 0 Å². The van der Waals surface area contributed by atoms with Crippen molar-refractivity contribution in [2.24, 2.45) is 10.9 Å². The summed E-state index contributed by atoms with van der Waals surface area (Å²) in [5.74, 6) is 2.28. The molecule has 0 saturated carbocycles. The van der Waals surface area contributed by atoms with Gasteiger partial charge in [-0.05, 0) is 25.7 Å². The van der Waals surface area contributed by atoms with Crippen LogP contribution in [0.15, 0.2) is 4.99 Å². The van der Waals surface area contributed by atoms with Crippen molar-refractivity contribution in [2.75, 3.05) is 19.6 Å². The molecule has 0 spiro atoms. The Balaban J connectivity index is 1.42. The SMILES string of the molecule is CCCCCCCCCCCCCCCC1CCCCN2CCCN=C12. The summed E-state index contributed by atoms with van der Waals surface area (Å²) in [7, 11) is 0. The first kappa shape index (κ1) is 21.8. The van der Waals surface area contributed by atoms with E-state index in [0.717, 1.165) is 12.5 Å². The van der Waals surface area contributed by atoms with Crippen molar-refractivity contribution in [3.8, 4) is 0 Å². The van der Waals surface area contributed by atoms with Gasteiger partial charge in [0.25, 0.3) is 0 Å². The summed E-state index contributed by atoms with van der Waals surface area (Å²) in [6, 6.07) is 0. The predicted molar refractivity (Wildman–Crippen MR) is 116 cm³/mol. The van der Waals surface area contributed by atoms with E-state index < -0.39 is 0 Å². The van der Waals surface area contributed by atoms with Gasteiger partial charge in [0.2, 0.25) is 0 Å². The number of nitrogens with zero attached hydrogens (tertiary/aromatic N) is 2. The molecule has 26 heavy (non-hydrogen) atoms. The van der Waals surface area contributed by atoms with Gasteiger partial charge in [-0.3, -0.25) is 4.99 Å². The van der Waals surface area contributed by atoms with Crippen molar-refractivity contribution in [3.63, 3.8) is 0 Å². The maximum Gasteiger partial charge on any atom is 0.102 e. The second-order valence-electron chi connectivity index (χ2n) is 8.80. The summed E-state index contributed by atoms with van der Waals surface area (Å²) < 4.78 is 0. The molecule has 1 saturated heterocycles. The third-order valence-electron chi connectivity index (χ3n) is 6.44. The fourth-order valence-corrected chi connectivity index (χ4v) is 4.79. The smallest absolute Gasteiger partial charge is 0.102 e. The van der Waals surface area contributed by atoms with Gasteiger partial charge in [-0.1, -0.05) is 96.8 Å². The average molecular weight is 363 g/mol. The first-order chi connectivity index (χ1) is 12.9. The fraction of sp³-hybridized carbons (Fsp3) is 0.958. The fourth-order valence-electron chi connectivity index (χ4n) is 4.79. The molecule has 0 amide bonds. The van der Waals surface area contributed by atoms with E-state index in [1.165, 1.54) is 134 Å². The second-order valence-corrected chi connectivity index (χ2v) is 8.80. The third kappa shape index (κ3) is 8.91. The van der Waals surface area contributed by atoms with Crippen LogP contribution in [0.5, 0.6) is 0 Å². The first-order valence-electron chi connectivity index (χ1n) is 12.2. The van der Waals surface area contributed by atoms with E-state index >= 15 is 0 Å². The van der Waals surface area contributed by atoms with Crippen LogP contribution >= 0.6 is 0 Å². The van der Waals surface area contributed by atoms with Crippen LogP contribution in [0.2, 0.25) is 0 Å². The van der Waals surface area contributed by atoms with E-state index in [1.807, 2.05) is 0 Å². The summed E-state index contributed by atoms with van der Waals surface area (Å²) in [6.07, 6.45) is 25.8.